The summed E-state index contributed by atoms with van der Waals surface area (Å²) in [7, 11) is 0. The molecule has 0 unspecified atom stereocenters. The molecule has 0 aromatic heterocycles. The van der Waals surface area contributed by atoms with Crippen molar-refractivity contribution in [1.29, 1.82) is 0 Å². The van der Waals surface area contributed by atoms with Gasteiger partial charge in [-0.25, -0.2) is 5.43 Å². The molecule has 2 rings (SSSR count). The zero-order chi connectivity index (χ0) is 23.8. The van der Waals surface area contributed by atoms with Crippen molar-refractivity contribution >= 4 is 17.6 Å². The van der Waals surface area contributed by atoms with Gasteiger partial charge in [0.05, 0.1) is 12.1 Å². The third-order valence-electron chi connectivity index (χ3n) is 4.98. The van der Waals surface area contributed by atoms with E-state index in [9.17, 15) is 9.59 Å². The Morgan fingerprint density at radius 2 is 1.56 bits per heavy atom. The molecule has 0 aliphatic rings. The molecule has 0 radical (unpaired) electrons. The molecule has 0 aliphatic heterocycles. The van der Waals surface area contributed by atoms with Crippen LogP contribution in [0.1, 0.15) is 65.0 Å². The highest BCUT2D eigenvalue weighted by Gasteiger charge is 2.27. The molecule has 6 nitrogen and oxygen atoms in total. The molecule has 6 heteroatoms. The Labute approximate surface area is 190 Å². The van der Waals surface area contributed by atoms with E-state index in [2.05, 4.69) is 45.1 Å². The van der Waals surface area contributed by atoms with Crippen molar-refractivity contribution in [2.24, 2.45) is 10.5 Å². The predicted molar refractivity (Wildman–Crippen MR) is 127 cm³/mol. The van der Waals surface area contributed by atoms with E-state index < -0.39 is 11.9 Å². The first-order valence-corrected chi connectivity index (χ1v) is 10.8. The second-order valence-corrected chi connectivity index (χ2v) is 9.79. The van der Waals surface area contributed by atoms with Crippen molar-refractivity contribution in [1.82, 2.24) is 5.43 Å². The van der Waals surface area contributed by atoms with Crippen molar-refractivity contribution in [3.8, 4) is 5.75 Å². The summed E-state index contributed by atoms with van der Waals surface area (Å²) in [6, 6.07) is 17.0. The van der Waals surface area contributed by atoms with E-state index >= 15 is 0 Å². The molecule has 2 aromatic rings. The Kier molecular flexibility index (Phi) is 8.58. The Balaban J connectivity index is 1.95. The van der Waals surface area contributed by atoms with Crippen LogP contribution >= 0.6 is 0 Å². The molecule has 32 heavy (non-hydrogen) atoms. The zero-order valence-corrected chi connectivity index (χ0v) is 19.6. The molecule has 172 valence electrons. The summed E-state index contributed by atoms with van der Waals surface area (Å²) in [4.78, 5) is 23.1. The third-order valence-corrected chi connectivity index (χ3v) is 4.98. The van der Waals surface area contributed by atoms with Gasteiger partial charge in [0, 0.05) is 6.42 Å². The van der Waals surface area contributed by atoms with Crippen LogP contribution in [0, 0.1) is 5.41 Å². The van der Waals surface area contributed by atoms with Gasteiger partial charge < -0.3 is 9.84 Å². The average molecular weight is 439 g/mol. The first kappa shape index (κ1) is 25.1. The van der Waals surface area contributed by atoms with Crippen LogP contribution in [0.2, 0.25) is 0 Å². The lowest BCUT2D eigenvalue weighted by Crippen LogP contribution is -2.26. The van der Waals surface area contributed by atoms with E-state index in [0.29, 0.717) is 11.5 Å². The molecule has 0 atom stereocenters. The van der Waals surface area contributed by atoms with Gasteiger partial charge >= 0.3 is 5.97 Å². The first-order chi connectivity index (χ1) is 15.0. The number of hydrogen-bond acceptors (Lipinski definition) is 4. The van der Waals surface area contributed by atoms with Crippen molar-refractivity contribution in [2.75, 3.05) is 6.61 Å². The number of carbonyl (C=O) groups excluding carboxylic acids is 1. The minimum atomic E-state index is -0.919. The van der Waals surface area contributed by atoms with Crippen LogP contribution in [-0.4, -0.2) is 29.3 Å². The molecule has 0 bridgehead atoms. The van der Waals surface area contributed by atoms with Crippen LogP contribution in [0.4, 0.5) is 0 Å². The molecule has 2 aromatic carbocycles. The number of carboxylic acid groups (broad SMARTS) is 1. The fraction of sp³-hybridized carbons (Fsp3) is 0.423. The van der Waals surface area contributed by atoms with E-state index in [1.54, 1.807) is 0 Å². The highest BCUT2D eigenvalue weighted by molar-refractivity contribution is 6.02. The van der Waals surface area contributed by atoms with Crippen LogP contribution in [0.5, 0.6) is 5.75 Å². The van der Waals surface area contributed by atoms with E-state index in [0.717, 1.165) is 12.0 Å². The van der Waals surface area contributed by atoms with Gasteiger partial charge in [0.2, 0.25) is 0 Å². The van der Waals surface area contributed by atoms with Gasteiger partial charge in [0.1, 0.15) is 5.75 Å². The van der Waals surface area contributed by atoms with Crippen LogP contribution in [0.25, 0.3) is 0 Å². The summed E-state index contributed by atoms with van der Waals surface area (Å²) in [6.45, 7) is 11.0. The Morgan fingerprint density at radius 3 is 2.12 bits per heavy atom. The summed E-state index contributed by atoms with van der Waals surface area (Å²) in [5.41, 5.74) is 5.22. The highest BCUT2D eigenvalue weighted by atomic mass is 16.5. The second kappa shape index (κ2) is 10.9. The molecule has 2 N–H and O–H groups in total. The molecule has 0 fully saturated rings. The lowest BCUT2D eigenvalue weighted by molar-refractivity contribution is -0.136. The quantitative estimate of drug-likeness (QED) is 0.396. The number of benzene rings is 2. The summed E-state index contributed by atoms with van der Waals surface area (Å²) >= 11 is 0. The van der Waals surface area contributed by atoms with Gasteiger partial charge in [-0.05, 0) is 40.5 Å². The number of amides is 1. The molecule has 1 amide bonds. The number of hydrazone groups is 1. The number of ether oxygens (including phenoxy) is 1. The van der Waals surface area contributed by atoms with Gasteiger partial charge in [-0.15, -0.1) is 0 Å². The van der Waals surface area contributed by atoms with Crippen LogP contribution < -0.4 is 10.2 Å². The van der Waals surface area contributed by atoms with Crippen LogP contribution in [0.15, 0.2) is 59.7 Å². The number of hydrogen-bond donors (Lipinski definition) is 2. The number of nitrogens with one attached hydrogen (secondary N) is 1. The third kappa shape index (κ3) is 8.53. The normalized spacial score (nSPS) is 12.3. The molecular weight excluding hydrogens is 404 g/mol. The van der Waals surface area contributed by atoms with E-state index in [-0.39, 0.29) is 30.3 Å². The van der Waals surface area contributed by atoms with Crippen molar-refractivity contribution in [3.63, 3.8) is 0 Å². The zero-order valence-electron chi connectivity index (χ0n) is 19.6. The number of carboxylic acids is 1. The van der Waals surface area contributed by atoms with E-state index in [4.69, 9.17) is 9.84 Å². The second-order valence-electron chi connectivity index (χ2n) is 9.79. The van der Waals surface area contributed by atoms with Crippen molar-refractivity contribution in [2.45, 2.75) is 59.3 Å². The maximum absolute atomic E-state index is 12.2. The maximum Gasteiger partial charge on any atom is 0.303 e. The fourth-order valence-corrected chi connectivity index (χ4v) is 3.86. The molecule has 0 heterocycles. The number of nitrogens with zero attached hydrogens (tertiary/aromatic N) is 1. The standard InChI is InChI=1S/C26H34N2O4/c1-25(2,3)18-26(4,5)20-11-13-21(14-12-20)32-17-23(29)28-27-22(15-16-24(30)31)19-9-7-6-8-10-19/h6-14H,15-18H2,1-5H3,(H,28,29)(H,30,31). The van der Waals surface area contributed by atoms with Crippen molar-refractivity contribution < 1.29 is 19.4 Å². The summed E-state index contributed by atoms with van der Waals surface area (Å²) in [5, 5.41) is 13.1. The number of aliphatic carboxylic acids is 1. The first-order valence-electron chi connectivity index (χ1n) is 10.8. The summed E-state index contributed by atoms with van der Waals surface area (Å²) < 4.78 is 5.60. The van der Waals surface area contributed by atoms with Gasteiger partial charge in [-0.2, -0.15) is 5.10 Å². The van der Waals surface area contributed by atoms with E-state index in [1.807, 2.05) is 54.6 Å². The molecule has 0 saturated carbocycles. The Morgan fingerprint density at radius 1 is 0.938 bits per heavy atom. The van der Waals surface area contributed by atoms with Gasteiger partial charge in [0.25, 0.3) is 5.91 Å². The Hall–Kier alpha value is -3.15. The molecule has 0 saturated heterocycles. The maximum atomic E-state index is 12.2. The van der Waals surface area contributed by atoms with E-state index in [1.165, 1.54) is 5.56 Å². The lowest BCUT2D eigenvalue weighted by Gasteiger charge is -2.33. The summed E-state index contributed by atoms with van der Waals surface area (Å²) in [6.07, 6.45) is 1.19. The summed E-state index contributed by atoms with van der Waals surface area (Å²) in [5.74, 6) is -0.725. The van der Waals surface area contributed by atoms with Crippen LogP contribution in [-0.2, 0) is 15.0 Å². The monoisotopic (exact) mass is 438 g/mol. The SMILES string of the molecule is CC(C)(C)CC(C)(C)c1ccc(OCC(=O)NN=C(CCC(=O)O)c2ccccc2)cc1. The Bertz CT molecular complexity index is 927. The highest BCUT2D eigenvalue weighted by Crippen LogP contribution is 2.36. The van der Waals surface area contributed by atoms with Gasteiger partial charge in [-0.1, -0.05) is 77.1 Å². The number of rotatable bonds is 10. The minimum absolute atomic E-state index is 0.0344. The molecular formula is C26H34N2O4. The lowest BCUT2D eigenvalue weighted by atomic mass is 9.72. The predicted octanol–water partition coefficient (Wildman–Crippen LogP) is 5.16. The minimum Gasteiger partial charge on any atom is -0.484 e. The number of carbonyl (C=O) groups is 2. The van der Waals surface area contributed by atoms with Crippen LogP contribution in [0.3, 0.4) is 0 Å². The average Bonchev–Trinajstić information content (AvgIpc) is 2.71. The smallest absolute Gasteiger partial charge is 0.303 e. The fourth-order valence-electron chi connectivity index (χ4n) is 3.86. The molecule has 0 aliphatic carbocycles. The molecule has 0 spiro atoms. The van der Waals surface area contributed by atoms with Gasteiger partial charge in [0.15, 0.2) is 6.61 Å². The van der Waals surface area contributed by atoms with Gasteiger partial charge in [-0.3, -0.25) is 9.59 Å². The largest absolute Gasteiger partial charge is 0.484 e. The van der Waals surface area contributed by atoms with Crippen molar-refractivity contribution in [3.05, 3.63) is 65.7 Å². The topological polar surface area (TPSA) is 88.0 Å².